The molecule has 1 saturated carbocycles. The molecule has 1 aliphatic carbocycles. The zero-order chi connectivity index (χ0) is 14.7. The molecule has 0 spiro atoms. The highest BCUT2D eigenvalue weighted by Gasteiger charge is 2.42. The Morgan fingerprint density at radius 1 is 1.14 bits per heavy atom. The van der Waals surface area contributed by atoms with Crippen molar-refractivity contribution in [3.63, 3.8) is 0 Å². The van der Waals surface area contributed by atoms with E-state index in [1.807, 2.05) is 18.2 Å². The number of amides is 1. The topological polar surface area (TPSA) is 32.3 Å². The molecule has 114 valence electrons. The maximum Gasteiger partial charge on any atom is 0.245 e. The molecular weight excluding hydrogens is 260 g/mol. The number of nitrogens with zero attached hydrogens (tertiary/aromatic N) is 1. The predicted octanol–water partition coefficient (Wildman–Crippen LogP) is 3.62. The molecule has 3 heteroatoms. The number of carbonyl (C=O) groups is 1. The van der Waals surface area contributed by atoms with E-state index in [-0.39, 0.29) is 18.1 Å². The van der Waals surface area contributed by atoms with Gasteiger partial charge in [-0.15, -0.1) is 0 Å². The molecule has 1 amide bonds. The van der Waals surface area contributed by atoms with Gasteiger partial charge in [-0.05, 0) is 24.8 Å². The van der Waals surface area contributed by atoms with E-state index in [9.17, 15) is 4.79 Å². The van der Waals surface area contributed by atoms with Gasteiger partial charge >= 0.3 is 0 Å². The zero-order valence-electron chi connectivity index (χ0n) is 12.9. The Hall–Kier alpha value is -1.35. The van der Waals surface area contributed by atoms with Gasteiger partial charge in [0.2, 0.25) is 5.91 Å². The van der Waals surface area contributed by atoms with Crippen molar-refractivity contribution in [1.82, 2.24) is 10.2 Å². The maximum atomic E-state index is 13.0. The van der Waals surface area contributed by atoms with Crippen LogP contribution in [0, 0.1) is 0 Å². The summed E-state index contributed by atoms with van der Waals surface area (Å²) >= 11 is 0. The first-order valence-electron chi connectivity index (χ1n) is 8.44. The summed E-state index contributed by atoms with van der Waals surface area (Å²) in [6, 6.07) is 10.5. The Bertz CT molecular complexity index is 467. The van der Waals surface area contributed by atoms with E-state index in [2.05, 4.69) is 29.3 Å². The fraction of sp³-hybridized carbons (Fsp3) is 0.611. The normalized spacial score (nSPS) is 27.3. The van der Waals surface area contributed by atoms with Crippen LogP contribution in [-0.2, 0) is 4.79 Å². The van der Waals surface area contributed by atoms with Crippen LogP contribution >= 0.6 is 0 Å². The lowest BCUT2D eigenvalue weighted by Gasteiger charge is -2.35. The van der Waals surface area contributed by atoms with Crippen LogP contribution in [0.5, 0.6) is 0 Å². The SMILES string of the molecule is CCCC1NC(c2ccccc2)C(=O)N1C1CCCCC1. The monoisotopic (exact) mass is 286 g/mol. The van der Waals surface area contributed by atoms with E-state index in [0.717, 1.165) is 18.4 Å². The van der Waals surface area contributed by atoms with Crippen LogP contribution in [0.2, 0.25) is 0 Å². The molecular formula is C18H26N2O. The Morgan fingerprint density at radius 3 is 2.52 bits per heavy atom. The van der Waals surface area contributed by atoms with Crippen molar-refractivity contribution in [2.75, 3.05) is 0 Å². The van der Waals surface area contributed by atoms with E-state index >= 15 is 0 Å². The second kappa shape index (κ2) is 6.61. The van der Waals surface area contributed by atoms with Crippen LogP contribution in [0.3, 0.4) is 0 Å². The summed E-state index contributed by atoms with van der Waals surface area (Å²) in [7, 11) is 0. The van der Waals surface area contributed by atoms with Gasteiger partial charge in [0.1, 0.15) is 6.04 Å². The Morgan fingerprint density at radius 2 is 1.86 bits per heavy atom. The second-order valence-electron chi connectivity index (χ2n) is 6.35. The molecule has 21 heavy (non-hydrogen) atoms. The smallest absolute Gasteiger partial charge is 0.245 e. The first kappa shape index (κ1) is 14.6. The number of rotatable bonds is 4. The first-order chi connectivity index (χ1) is 10.3. The quantitative estimate of drug-likeness (QED) is 0.917. The standard InChI is InChI=1S/C18H26N2O/c1-2-9-16-19-17(14-10-5-3-6-11-14)18(21)20(16)15-12-7-4-8-13-15/h3,5-6,10-11,15-17,19H,2,4,7-9,12-13H2,1H3. The Kier molecular flexibility index (Phi) is 4.59. The summed E-state index contributed by atoms with van der Waals surface area (Å²) in [5.41, 5.74) is 1.10. The van der Waals surface area contributed by atoms with Crippen LogP contribution in [-0.4, -0.2) is 23.0 Å². The van der Waals surface area contributed by atoms with Gasteiger partial charge in [0.05, 0.1) is 6.17 Å². The molecule has 3 rings (SSSR count). The minimum Gasteiger partial charge on any atom is -0.323 e. The molecule has 0 bridgehead atoms. The summed E-state index contributed by atoms with van der Waals surface area (Å²) < 4.78 is 0. The number of benzene rings is 1. The van der Waals surface area contributed by atoms with Crippen molar-refractivity contribution in [2.24, 2.45) is 0 Å². The van der Waals surface area contributed by atoms with Crippen molar-refractivity contribution in [3.8, 4) is 0 Å². The molecule has 2 aliphatic rings. The van der Waals surface area contributed by atoms with E-state index in [1.54, 1.807) is 0 Å². The minimum atomic E-state index is -0.148. The maximum absolute atomic E-state index is 13.0. The third-order valence-electron chi connectivity index (χ3n) is 4.86. The highest BCUT2D eigenvalue weighted by molar-refractivity contribution is 5.86. The van der Waals surface area contributed by atoms with Gasteiger partial charge in [-0.3, -0.25) is 10.1 Å². The van der Waals surface area contributed by atoms with E-state index in [4.69, 9.17) is 0 Å². The van der Waals surface area contributed by atoms with Crippen LogP contribution < -0.4 is 5.32 Å². The van der Waals surface area contributed by atoms with Crippen molar-refractivity contribution in [2.45, 2.75) is 70.1 Å². The number of carbonyl (C=O) groups excluding carboxylic acids is 1. The minimum absolute atomic E-state index is 0.148. The molecule has 1 aliphatic heterocycles. The molecule has 1 aromatic rings. The van der Waals surface area contributed by atoms with E-state index in [1.165, 1.54) is 32.1 Å². The molecule has 2 unspecified atom stereocenters. The third-order valence-corrected chi connectivity index (χ3v) is 4.86. The van der Waals surface area contributed by atoms with E-state index in [0.29, 0.717) is 6.04 Å². The van der Waals surface area contributed by atoms with Crippen LogP contribution in [0.25, 0.3) is 0 Å². The average molecular weight is 286 g/mol. The molecule has 0 radical (unpaired) electrons. The molecule has 1 N–H and O–H groups in total. The lowest BCUT2D eigenvalue weighted by Crippen LogP contribution is -2.45. The first-order valence-corrected chi connectivity index (χ1v) is 8.44. The zero-order valence-corrected chi connectivity index (χ0v) is 12.9. The van der Waals surface area contributed by atoms with Gasteiger partial charge in [0.15, 0.2) is 0 Å². The number of hydrogen-bond donors (Lipinski definition) is 1. The summed E-state index contributed by atoms with van der Waals surface area (Å²) in [5, 5.41) is 3.58. The van der Waals surface area contributed by atoms with Gasteiger partial charge < -0.3 is 4.90 Å². The van der Waals surface area contributed by atoms with E-state index < -0.39 is 0 Å². The molecule has 3 nitrogen and oxygen atoms in total. The number of nitrogens with one attached hydrogen (secondary N) is 1. The fourth-order valence-corrected chi connectivity index (χ4v) is 3.82. The molecule has 2 fully saturated rings. The third kappa shape index (κ3) is 2.98. The van der Waals surface area contributed by atoms with Gasteiger partial charge in [-0.2, -0.15) is 0 Å². The lowest BCUT2D eigenvalue weighted by atomic mass is 9.93. The van der Waals surface area contributed by atoms with Crippen molar-refractivity contribution in [3.05, 3.63) is 35.9 Å². The van der Waals surface area contributed by atoms with Gasteiger partial charge in [-0.1, -0.05) is 62.9 Å². The van der Waals surface area contributed by atoms with Gasteiger partial charge in [0.25, 0.3) is 0 Å². The predicted molar refractivity (Wildman–Crippen MR) is 84.7 cm³/mol. The largest absolute Gasteiger partial charge is 0.323 e. The molecule has 0 aromatic heterocycles. The highest BCUT2D eigenvalue weighted by atomic mass is 16.2. The van der Waals surface area contributed by atoms with Crippen LogP contribution in [0.15, 0.2) is 30.3 Å². The van der Waals surface area contributed by atoms with Crippen molar-refractivity contribution < 1.29 is 4.79 Å². The Balaban J connectivity index is 1.81. The lowest BCUT2D eigenvalue weighted by molar-refractivity contribution is -0.133. The Labute approximate surface area is 127 Å². The fourth-order valence-electron chi connectivity index (χ4n) is 3.82. The summed E-state index contributed by atoms with van der Waals surface area (Å²) in [6.07, 6.45) is 8.58. The molecule has 1 aromatic carbocycles. The summed E-state index contributed by atoms with van der Waals surface area (Å²) in [5.74, 6) is 0.284. The molecule has 2 atom stereocenters. The van der Waals surface area contributed by atoms with Gasteiger partial charge in [-0.25, -0.2) is 0 Å². The highest BCUT2D eigenvalue weighted by Crippen LogP contribution is 2.32. The summed E-state index contributed by atoms with van der Waals surface area (Å²) in [4.78, 5) is 15.1. The number of hydrogen-bond acceptors (Lipinski definition) is 2. The molecule has 1 saturated heterocycles. The van der Waals surface area contributed by atoms with Crippen LogP contribution in [0.1, 0.15) is 63.5 Å². The van der Waals surface area contributed by atoms with Crippen molar-refractivity contribution in [1.29, 1.82) is 0 Å². The van der Waals surface area contributed by atoms with Gasteiger partial charge in [0, 0.05) is 6.04 Å². The summed E-state index contributed by atoms with van der Waals surface area (Å²) in [6.45, 7) is 2.20. The average Bonchev–Trinajstić information content (AvgIpc) is 2.86. The molecule has 1 heterocycles. The van der Waals surface area contributed by atoms with Crippen LogP contribution in [0.4, 0.5) is 0 Å². The van der Waals surface area contributed by atoms with Crippen molar-refractivity contribution >= 4 is 5.91 Å². The second-order valence-corrected chi connectivity index (χ2v) is 6.35.